The van der Waals surface area contributed by atoms with Gasteiger partial charge in [0.2, 0.25) is 11.8 Å². The molecule has 0 radical (unpaired) electrons. The number of benzene rings is 2. The SMILES string of the molecule is COc1c(NC(=O)[C@H](CCCN=C(N)N)NC(=O)CN)c(OC)c2cccc(OC)c2c1OC. The van der Waals surface area contributed by atoms with Gasteiger partial charge in [0.1, 0.15) is 17.5 Å². The van der Waals surface area contributed by atoms with E-state index in [-0.39, 0.29) is 30.4 Å². The van der Waals surface area contributed by atoms with Gasteiger partial charge in [-0.15, -0.1) is 0 Å². The lowest BCUT2D eigenvalue weighted by molar-refractivity contribution is -0.125. The first kappa shape index (κ1) is 26.3. The average Bonchev–Trinajstić information content (AvgIpc) is 2.83. The van der Waals surface area contributed by atoms with Gasteiger partial charge in [-0.25, -0.2) is 0 Å². The highest BCUT2D eigenvalue weighted by molar-refractivity contribution is 6.09. The molecule has 0 saturated heterocycles. The molecule has 8 N–H and O–H groups in total. The smallest absolute Gasteiger partial charge is 0.247 e. The molecule has 0 spiro atoms. The predicted octanol–water partition coefficient (Wildman–Crippen LogP) is 0.310. The minimum Gasteiger partial charge on any atom is -0.496 e. The maximum atomic E-state index is 13.3. The summed E-state index contributed by atoms with van der Waals surface area (Å²) in [4.78, 5) is 29.1. The number of rotatable bonds is 12. The fraction of sp³-hybridized carbons (Fsp3) is 0.409. The molecule has 2 aromatic rings. The zero-order valence-electron chi connectivity index (χ0n) is 19.8. The fourth-order valence-corrected chi connectivity index (χ4v) is 3.54. The molecule has 2 aromatic carbocycles. The lowest BCUT2D eigenvalue weighted by atomic mass is 10.0. The van der Waals surface area contributed by atoms with Crippen molar-refractivity contribution in [1.82, 2.24) is 5.32 Å². The Balaban J connectivity index is 2.53. The molecule has 0 saturated carbocycles. The van der Waals surface area contributed by atoms with Gasteiger partial charge in [-0.05, 0) is 18.9 Å². The highest BCUT2D eigenvalue weighted by atomic mass is 16.5. The molecular formula is C22H32N6O6. The maximum Gasteiger partial charge on any atom is 0.247 e. The quantitative estimate of drug-likeness (QED) is 0.163. The van der Waals surface area contributed by atoms with E-state index in [2.05, 4.69) is 15.6 Å². The monoisotopic (exact) mass is 476 g/mol. The first-order valence-electron chi connectivity index (χ1n) is 10.5. The van der Waals surface area contributed by atoms with Gasteiger partial charge < -0.3 is 46.8 Å². The lowest BCUT2D eigenvalue weighted by Crippen LogP contribution is -2.46. The Morgan fingerprint density at radius 1 is 1.00 bits per heavy atom. The molecular weight excluding hydrogens is 444 g/mol. The van der Waals surface area contributed by atoms with Crippen molar-refractivity contribution in [1.29, 1.82) is 0 Å². The fourth-order valence-electron chi connectivity index (χ4n) is 3.54. The van der Waals surface area contributed by atoms with Crippen LogP contribution in [0.1, 0.15) is 12.8 Å². The number of hydrogen-bond acceptors (Lipinski definition) is 8. The molecule has 34 heavy (non-hydrogen) atoms. The van der Waals surface area contributed by atoms with Crippen LogP contribution in [0.15, 0.2) is 23.2 Å². The number of hydrogen-bond donors (Lipinski definition) is 5. The Morgan fingerprint density at radius 2 is 1.68 bits per heavy atom. The third kappa shape index (κ3) is 5.90. The summed E-state index contributed by atoms with van der Waals surface area (Å²) < 4.78 is 22.4. The Kier molecular flexibility index (Phi) is 9.56. The summed E-state index contributed by atoms with van der Waals surface area (Å²) in [6, 6.07) is 4.45. The van der Waals surface area contributed by atoms with E-state index in [0.29, 0.717) is 41.0 Å². The molecule has 0 aliphatic heterocycles. The van der Waals surface area contributed by atoms with E-state index < -0.39 is 17.9 Å². The second kappa shape index (κ2) is 12.3. The zero-order valence-corrected chi connectivity index (χ0v) is 19.8. The summed E-state index contributed by atoms with van der Waals surface area (Å²) in [5.41, 5.74) is 16.3. The van der Waals surface area contributed by atoms with Gasteiger partial charge in [0.05, 0.1) is 40.4 Å². The molecule has 0 heterocycles. The van der Waals surface area contributed by atoms with Crippen LogP contribution in [0.5, 0.6) is 23.0 Å². The number of aliphatic imine (C=N–C) groups is 1. The van der Waals surface area contributed by atoms with E-state index >= 15 is 0 Å². The summed E-state index contributed by atoms with van der Waals surface area (Å²) in [5.74, 6) is 0.408. The summed E-state index contributed by atoms with van der Waals surface area (Å²) >= 11 is 0. The molecule has 0 bridgehead atoms. The first-order valence-corrected chi connectivity index (χ1v) is 10.5. The van der Waals surface area contributed by atoms with Crippen molar-refractivity contribution < 1.29 is 28.5 Å². The Labute approximate surface area is 197 Å². The average molecular weight is 477 g/mol. The van der Waals surface area contributed by atoms with E-state index in [4.69, 9.17) is 36.1 Å². The highest BCUT2D eigenvalue weighted by Crippen LogP contribution is 2.51. The third-order valence-corrected chi connectivity index (χ3v) is 5.02. The number of ether oxygens (including phenoxy) is 4. The molecule has 2 amide bonds. The van der Waals surface area contributed by atoms with Crippen LogP contribution in [0.2, 0.25) is 0 Å². The van der Waals surface area contributed by atoms with Crippen LogP contribution in [-0.2, 0) is 9.59 Å². The van der Waals surface area contributed by atoms with Gasteiger partial charge in [-0.2, -0.15) is 0 Å². The second-order valence-corrected chi connectivity index (χ2v) is 7.12. The number of anilines is 1. The van der Waals surface area contributed by atoms with Crippen LogP contribution in [0.4, 0.5) is 5.69 Å². The van der Waals surface area contributed by atoms with Crippen LogP contribution in [0, 0.1) is 0 Å². The van der Waals surface area contributed by atoms with Crippen molar-refractivity contribution >= 4 is 34.2 Å². The van der Waals surface area contributed by atoms with Gasteiger partial charge >= 0.3 is 0 Å². The van der Waals surface area contributed by atoms with Crippen molar-refractivity contribution in [3.8, 4) is 23.0 Å². The number of carbonyl (C=O) groups excluding carboxylic acids is 2. The lowest BCUT2D eigenvalue weighted by Gasteiger charge is -2.23. The number of nitrogens with one attached hydrogen (secondary N) is 2. The first-order chi connectivity index (χ1) is 16.3. The molecule has 2 rings (SSSR count). The summed E-state index contributed by atoms with van der Waals surface area (Å²) in [6.07, 6.45) is 0.699. The van der Waals surface area contributed by atoms with Crippen LogP contribution < -0.4 is 46.8 Å². The predicted molar refractivity (Wildman–Crippen MR) is 130 cm³/mol. The molecule has 0 aliphatic carbocycles. The molecule has 0 unspecified atom stereocenters. The summed E-state index contributed by atoms with van der Waals surface area (Å²) in [5, 5.41) is 6.67. The minimum absolute atomic E-state index is 0.0554. The second-order valence-electron chi connectivity index (χ2n) is 7.12. The van der Waals surface area contributed by atoms with E-state index in [1.54, 1.807) is 18.2 Å². The molecule has 186 valence electrons. The number of nitrogens with zero attached hydrogens (tertiary/aromatic N) is 1. The van der Waals surface area contributed by atoms with Crippen molar-refractivity contribution in [2.45, 2.75) is 18.9 Å². The number of methoxy groups -OCH3 is 4. The molecule has 0 aromatic heterocycles. The molecule has 0 fully saturated rings. The normalized spacial score (nSPS) is 11.3. The topological polar surface area (TPSA) is 186 Å². The van der Waals surface area contributed by atoms with Gasteiger partial charge in [-0.1, -0.05) is 12.1 Å². The number of fused-ring (bicyclic) bond motifs is 1. The maximum absolute atomic E-state index is 13.3. The van der Waals surface area contributed by atoms with Crippen molar-refractivity contribution in [3.05, 3.63) is 18.2 Å². The summed E-state index contributed by atoms with van der Waals surface area (Å²) in [7, 11) is 5.93. The number of carbonyl (C=O) groups is 2. The van der Waals surface area contributed by atoms with Crippen LogP contribution >= 0.6 is 0 Å². The van der Waals surface area contributed by atoms with Crippen LogP contribution in [0.3, 0.4) is 0 Å². The van der Waals surface area contributed by atoms with Gasteiger partial charge in [0.15, 0.2) is 23.2 Å². The van der Waals surface area contributed by atoms with Crippen molar-refractivity contribution in [2.24, 2.45) is 22.2 Å². The molecule has 12 heteroatoms. The number of amides is 2. The Bertz CT molecular complexity index is 1050. The Morgan fingerprint density at radius 3 is 2.24 bits per heavy atom. The summed E-state index contributed by atoms with van der Waals surface area (Å²) in [6.45, 7) is 0.0226. The van der Waals surface area contributed by atoms with E-state index in [1.807, 2.05) is 0 Å². The Hall–Kier alpha value is -3.93. The van der Waals surface area contributed by atoms with Crippen LogP contribution in [-0.4, -0.2) is 65.3 Å². The van der Waals surface area contributed by atoms with Gasteiger partial charge in [0, 0.05) is 11.9 Å². The van der Waals surface area contributed by atoms with E-state index in [1.165, 1.54) is 28.4 Å². The van der Waals surface area contributed by atoms with Crippen molar-refractivity contribution in [3.63, 3.8) is 0 Å². The zero-order chi connectivity index (χ0) is 25.3. The largest absolute Gasteiger partial charge is 0.496 e. The van der Waals surface area contributed by atoms with E-state index in [0.717, 1.165) is 0 Å². The van der Waals surface area contributed by atoms with E-state index in [9.17, 15) is 9.59 Å². The van der Waals surface area contributed by atoms with Gasteiger partial charge in [0.25, 0.3) is 0 Å². The van der Waals surface area contributed by atoms with Crippen molar-refractivity contribution in [2.75, 3.05) is 46.8 Å². The standard InChI is InChI=1S/C22H32N6O6/c1-31-14-9-5-7-12-16(14)19(33-3)20(34-4)17(18(12)32-2)28-21(30)13(27-15(29)11-23)8-6-10-26-22(24)25/h5,7,9,13H,6,8,10-11,23H2,1-4H3,(H,27,29)(H,28,30)(H4,24,25,26)/t13-/m0/s1. The number of nitrogens with two attached hydrogens (primary N) is 3. The van der Waals surface area contributed by atoms with Crippen LogP contribution in [0.25, 0.3) is 10.8 Å². The number of guanidine groups is 1. The minimum atomic E-state index is -0.910. The molecule has 12 nitrogen and oxygen atoms in total. The molecule has 1 atom stereocenters. The third-order valence-electron chi connectivity index (χ3n) is 5.02. The molecule has 0 aliphatic rings. The van der Waals surface area contributed by atoms with Gasteiger partial charge in [-0.3, -0.25) is 14.6 Å². The highest BCUT2D eigenvalue weighted by Gasteiger charge is 2.28.